The van der Waals surface area contributed by atoms with Crippen molar-refractivity contribution in [1.29, 1.82) is 0 Å². The molecular weight excluding hydrogens is 484 g/mol. The van der Waals surface area contributed by atoms with Gasteiger partial charge in [-0.05, 0) is 48.5 Å². The first-order chi connectivity index (χ1) is 19.2. The van der Waals surface area contributed by atoms with Crippen LogP contribution in [0.4, 0.5) is 17.2 Å². The summed E-state index contributed by atoms with van der Waals surface area (Å²) in [5.74, 6) is 2.17. The number of nitrogens with zero attached hydrogens (tertiary/aromatic N) is 4. The molecule has 0 unspecified atom stereocenters. The van der Waals surface area contributed by atoms with Crippen molar-refractivity contribution < 1.29 is 9.15 Å². The zero-order valence-corrected chi connectivity index (χ0v) is 21.2. The van der Waals surface area contributed by atoms with Crippen molar-refractivity contribution in [3.8, 4) is 22.8 Å². The van der Waals surface area contributed by atoms with Gasteiger partial charge in [0.15, 0.2) is 0 Å². The van der Waals surface area contributed by atoms with Crippen molar-refractivity contribution in [2.75, 3.05) is 4.90 Å². The lowest BCUT2D eigenvalue weighted by Crippen LogP contribution is -2.11. The lowest BCUT2D eigenvalue weighted by atomic mass is 10.1. The van der Waals surface area contributed by atoms with Gasteiger partial charge in [-0.3, -0.25) is 9.58 Å². The molecule has 0 aliphatic carbocycles. The Morgan fingerprint density at radius 2 is 1.59 bits per heavy atom. The van der Waals surface area contributed by atoms with E-state index in [0.717, 1.165) is 50.4 Å². The van der Waals surface area contributed by atoms with E-state index in [1.807, 2.05) is 104 Å². The van der Waals surface area contributed by atoms with E-state index >= 15 is 0 Å². The van der Waals surface area contributed by atoms with Crippen molar-refractivity contribution in [3.63, 3.8) is 0 Å². The van der Waals surface area contributed by atoms with Gasteiger partial charge in [0.1, 0.15) is 28.5 Å². The Labute approximate surface area is 225 Å². The van der Waals surface area contributed by atoms with Crippen molar-refractivity contribution in [1.82, 2.24) is 14.8 Å². The van der Waals surface area contributed by atoms with E-state index in [0.29, 0.717) is 11.5 Å². The summed E-state index contributed by atoms with van der Waals surface area (Å²) in [5.41, 5.74) is 5.33. The average Bonchev–Trinajstić information content (AvgIpc) is 3.58. The summed E-state index contributed by atoms with van der Waals surface area (Å²) < 4.78 is 14.6. The lowest BCUT2D eigenvalue weighted by molar-refractivity contribution is 0.482. The summed E-state index contributed by atoms with van der Waals surface area (Å²) in [6.45, 7) is 0. The highest BCUT2D eigenvalue weighted by Crippen LogP contribution is 2.45. The Bertz CT molecular complexity index is 1870. The molecule has 7 aromatic rings. The predicted molar refractivity (Wildman–Crippen MR) is 155 cm³/mol. The number of fused-ring (bicyclic) bond motifs is 3. The number of rotatable bonds is 6. The minimum Gasteiger partial charge on any atom is -0.457 e. The molecule has 39 heavy (non-hydrogen) atoms. The molecule has 188 valence electrons. The fourth-order valence-electron chi connectivity index (χ4n) is 4.93. The summed E-state index contributed by atoms with van der Waals surface area (Å²) in [6, 6.07) is 38.2. The number of furan rings is 1. The number of ether oxygens (including phenoxy) is 1. The molecule has 3 heterocycles. The van der Waals surface area contributed by atoms with Crippen LogP contribution in [0, 0.1) is 0 Å². The Morgan fingerprint density at radius 3 is 2.41 bits per heavy atom. The van der Waals surface area contributed by atoms with Gasteiger partial charge in [-0.2, -0.15) is 5.10 Å². The van der Waals surface area contributed by atoms with Crippen molar-refractivity contribution in [2.24, 2.45) is 7.05 Å². The average molecular weight is 509 g/mol. The van der Waals surface area contributed by atoms with E-state index in [9.17, 15) is 0 Å². The summed E-state index contributed by atoms with van der Waals surface area (Å²) in [5, 5.41) is 6.56. The van der Waals surface area contributed by atoms with Crippen LogP contribution >= 0.6 is 0 Å². The Kier molecular flexibility index (Phi) is 5.56. The second-order valence-corrected chi connectivity index (χ2v) is 9.28. The Morgan fingerprint density at radius 1 is 0.744 bits per heavy atom. The monoisotopic (exact) mass is 508 g/mol. The molecule has 0 saturated heterocycles. The zero-order chi connectivity index (χ0) is 26.2. The highest BCUT2D eigenvalue weighted by atomic mass is 16.5. The van der Waals surface area contributed by atoms with Gasteiger partial charge in [0, 0.05) is 48.2 Å². The molecule has 0 N–H and O–H groups in total. The maximum absolute atomic E-state index is 6.47. The molecule has 0 amide bonds. The second kappa shape index (κ2) is 9.50. The third kappa shape index (κ3) is 4.28. The largest absolute Gasteiger partial charge is 0.457 e. The van der Waals surface area contributed by atoms with E-state index in [2.05, 4.69) is 34.3 Å². The molecule has 6 nitrogen and oxygen atoms in total. The number of aromatic nitrogens is 3. The minimum absolute atomic E-state index is 0.659. The van der Waals surface area contributed by atoms with Gasteiger partial charge in [0.05, 0.1) is 16.8 Å². The van der Waals surface area contributed by atoms with E-state index in [4.69, 9.17) is 14.1 Å². The molecule has 3 aromatic heterocycles. The third-order valence-corrected chi connectivity index (χ3v) is 6.64. The number of benzene rings is 4. The summed E-state index contributed by atoms with van der Waals surface area (Å²) in [4.78, 5) is 6.85. The normalized spacial score (nSPS) is 11.2. The number of para-hydroxylation sites is 2. The molecule has 0 bridgehead atoms. The van der Waals surface area contributed by atoms with Crippen LogP contribution < -0.4 is 9.64 Å². The second-order valence-electron chi connectivity index (χ2n) is 9.28. The molecule has 0 aliphatic heterocycles. The topological polar surface area (TPSA) is 56.3 Å². The van der Waals surface area contributed by atoms with Gasteiger partial charge in [-0.25, -0.2) is 4.98 Å². The standard InChI is InChI=1S/C33H24N4O2/c1-36-19-17-28(35-36)23-10-9-13-25(20-23)38-26-21-29(33-27-14-5-6-15-30(27)39-31(33)22-26)37(24-11-3-2-4-12-24)32-16-7-8-18-34-32/h2-22H,1H3. The fraction of sp³-hybridized carbons (Fsp3) is 0.0303. The van der Waals surface area contributed by atoms with Crippen molar-refractivity contribution in [3.05, 3.63) is 128 Å². The molecule has 0 aliphatic rings. The molecule has 0 saturated carbocycles. The predicted octanol–water partition coefficient (Wildman–Crippen LogP) is 8.64. The van der Waals surface area contributed by atoms with Crippen LogP contribution in [0.25, 0.3) is 33.2 Å². The van der Waals surface area contributed by atoms with Gasteiger partial charge < -0.3 is 9.15 Å². The van der Waals surface area contributed by atoms with Crippen LogP contribution in [0.3, 0.4) is 0 Å². The molecular formula is C33H24N4O2. The van der Waals surface area contributed by atoms with Crippen LogP contribution in [0.2, 0.25) is 0 Å². The van der Waals surface area contributed by atoms with Crippen LogP contribution in [0.15, 0.2) is 132 Å². The van der Waals surface area contributed by atoms with Crippen LogP contribution in [0.5, 0.6) is 11.5 Å². The highest BCUT2D eigenvalue weighted by molar-refractivity contribution is 6.13. The zero-order valence-electron chi connectivity index (χ0n) is 21.2. The molecule has 4 aromatic carbocycles. The lowest BCUT2D eigenvalue weighted by Gasteiger charge is -2.25. The molecule has 7 rings (SSSR count). The van der Waals surface area contributed by atoms with E-state index < -0.39 is 0 Å². The van der Waals surface area contributed by atoms with Gasteiger partial charge in [0.25, 0.3) is 0 Å². The Balaban J connectivity index is 1.42. The third-order valence-electron chi connectivity index (χ3n) is 6.64. The maximum Gasteiger partial charge on any atom is 0.141 e. The minimum atomic E-state index is 0.659. The fourth-order valence-corrected chi connectivity index (χ4v) is 4.93. The van der Waals surface area contributed by atoms with Gasteiger partial charge >= 0.3 is 0 Å². The molecule has 0 radical (unpaired) electrons. The van der Waals surface area contributed by atoms with Crippen molar-refractivity contribution in [2.45, 2.75) is 0 Å². The first kappa shape index (κ1) is 22.8. The SMILES string of the molecule is Cn1ccc(-c2cccc(Oc3cc(N(c4ccccc4)c4ccccn4)c4c(c3)oc3ccccc34)c2)n1. The summed E-state index contributed by atoms with van der Waals surface area (Å²) in [6.07, 6.45) is 3.74. The van der Waals surface area contributed by atoms with Gasteiger partial charge in [0.2, 0.25) is 0 Å². The molecule has 0 atom stereocenters. The first-order valence-corrected chi connectivity index (χ1v) is 12.7. The number of pyridine rings is 1. The van der Waals surface area contributed by atoms with Crippen LogP contribution in [-0.2, 0) is 7.05 Å². The van der Waals surface area contributed by atoms with Gasteiger partial charge in [-0.15, -0.1) is 0 Å². The summed E-state index contributed by atoms with van der Waals surface area (Å²) in [7, 11) is 1.91. The van der Waals surface area contributed by atoms with Crippen molar-refractivity contribution >= 4 is 39.1 Å². The van der Waals surface area contributed by atoms with E-state index in [1.54, 1.807) is 10.9 Å². The van der Waals surface area contributed by atoms with Crippen LogP contribution in [0.1, 0.15) is 0 Å². The molecule has 0 spiro atoms. The van der Waals surface area contributed by atoms with E-state index in [-0.39, 0.29) is 0 Å². The number of hydrogen-bond acceptors (Lipinski definition) is 5. The maximum atomic E-state index is 6.47. The number of hydrogen-bond donors (Lipinski definition) is 0. The number of aryl methyl sites for hydroxylation is 1. The number of anilines is 3. The van der Waals surface area contributed by atoms with E-state index in [1.165, 1.54) is 0 Å². The Hall–Kier alpha value is -5.36. The molecule has 0 fully saturated rings. The smallest absolute Gasteiger partial charge is 0.141 e. The summed E-state index contributed by atoms with van der Waals surface area (Å²) >= 11 is 0. The quantitative estimate of drug-likeness (QED) is 0.225. The van der Waals surface area contributed by atoms with Crippen LogP contribution in [-0.4, -0.2) is 14.8 Å². The highest BCUT2D eigenvalue weighted by Gasteiger charge is 2.21. The van der Waals surface area contributed by atoms with Gasteiger partial charge in [-0.1, -0.05) is 54.6 Å². The first-order valence-electron chi connectivity index (χ1n) is 12.7. The molecule has 6 heteroatoms.